The van der Waals surface area contributed by atoms with Crippen molar-refractivity contribution in [3.8, 4) is 6.07 Å². The molecule has 2 aromatic rings. The van der Waals surface area contributed by atoms with Crippen LogP contribution in [0, 0.1) is 11.3 Å². The van der Waals surface area contributed by atoms with Crippen molar-refractivity contribution in [1.29, 1.82) is 5.26 Å². The molecule has 0 saturated carbocycles. The number of nitrogens with one attached hydrogen (secondary N) is 1. The van der Waals surface area contributed by atoms with Gasteiger partial charge < -0.3 is 5.32 Å². The fourth-order valence-corrected chi connectivity index (χ4v) is 1.74. The molecule has 2 rings (SSSR count). The fourth-order valence-electron chi connectivity index (χ4n) is 1.53. The lowest BCUT2D eigenvalue weighted by atomic mass is 10.2. The monoisotopic (exact) mass is 258 g/mol. The van der Waals surface area contributed by atoms with Crippen LogP contribution >= 0.6 is 11.6 Å². The topological polar surface area (TPSA) is 61.6 Å². The van der Waals surface area contributed by atoms with Crippen LogP contribution in [0.4, 0.5) is 5.82 Å². The summed E-state index contributed by atoms with van der Waals surface area (Å²) in [5.74, 6) is 0.614. The zero-order chi connectivity index (χ0) is 12.8. The van der Waals surface area contributed by atoms with Gasteiger partial charge in [-0.15, -0.1) is 0 Å². The fraction of sp³-hybridized carbons (Fsp3) is 0.154. The smallest absolute Gasteiger partial charge is 0.132 e. The molecule has 0 unspecified atom stereocenters. The molecule has 18 heavy (non-hydrogen) atoms. The van der Waals surface area contributed by atoms with Gasteiger partial charge in [0.25, 0.3) is 0 Å². The third-order valence-corrected chi connectivity index (χ3v) is 2.56. The normalized spacial score (nSPS) is 9.78. The first-order valence-electron chi connectivity index (χ1n) is 5.48. The lowest BCUT2D eigenvalue weighted by Gasteiger charge is -2.06. The second-order valence-corrected chi connectivity index (χ2v) is 4.10. The molecule has 0 spiro atoms. The number of hydrogen-bond acceptors (Lipinski definition) is 4. The lowest BCUT2D eigenvalue weighted by molar-refractivity contribution is 0.993. The maximum absolute atomic E-state index is 8.82. The lowest BCUT2D eigenvalue weighted by Crippen LogP contribution is -2.06. The van der Waals surface area contributed by atoms with Gasteiger partial charge in [0.1, 0.15) is 11.0 Å². The Kier molecular flexibility index (Phi) is 4.11. The van der Waals surface area contributed by atoms with Gasteiger partial charge in [-0.2, -0.15) is 5.26 Å². The number of anilines is 1. The highest BCUT2D eigenvalue weighted by molar-refractivity contribution is 6.29. The molecule has 2 heterocycles. The zero-order valence-corrected chi connectivity index (χ0v) is 10.4. The van der Waals surface area contributed by atoms with Gasteiger partial charge in [-0.05, 0) is 30.2 Å². The summed E-state index contributed by atoms with van der Waals surface area (Å²) in [6.07, 6.45) is 4.41. The number of pyridine rings is 2. The summed E-state index contributed by atoms with van der Waals surface area (Å²) in [6, 6.07) is 9.17. The molecule has 90 valence electrons. The SMILES string of the molecule is N#Cc1cc(Cl)nc(NCCc2cccnc2)c1. The zero-order valence-electron chi connectivity index (χ0n) is 9.60. The van der Waals surface area contributed by atoms with E-state index in [0.717, 1.165) is 12.0 Å². The van der Waals surface area contributed by atoms with Crippen molar-refractivity contribution in [2.24, 2.45) is 0 Å². The Bertz CT molecular complexity index is 563. The van der Waals surface area contributed by atoms with Gasteiger partial charge >= 0.3 is 0 Å². The van der Waals surface area contributed by atoms with Crippen LogP contribution in [0.2, 0.25) is 5.15 Å². The highest BCUT2D eigenvalue weighted by Gasteiger charge is 2.00. The third-order valence-electron chi connectivity index (χ3n) is 2.37. The maximum atomic E-state index is 8.82. The van der Waals surface area contributed by atoms with E-state index in [1.165, 1.54) is 6.07 Å². The third kappa shape index (κ3) is 3.44. The molecule has 0 saturated heterocycles. The molecule has 2 aromatic heterocycles. The van der Waals surface area contributed by atoms with Crippen molar-refractivity contribution >= 4 is 17.4 Å². The summed E-state index contributed by atoms with van der Waals surface area (Å²) in [7, 11) is 0. The first-order chi connectivity index (χ1) is 8.78. The molecule has 0 fully saturated rings. The molecule has 4 nitrogen and oxygen atoms in total. The van der Waals surface area contributed by atoms with Crippen LogP contribution in [-0.2, 0) is 6.42 Å². The predicted molar refractivity (Wildman–Crippen MR) is 70.4 cm³/mol. The van der Waals surface area contributed by atoms with Gasteiger partial charge in [0.05, 0.1) is 11.6 Å². The molecule has 0 aliphatic rings. The predicted octanol–water partition coefficient (Wildman–Crippen LogP) is 2.66. The molecular formula is C13H11ClN4. The second kappa shape index (κ2) is 5.99. The van der Waals surface area contributed by atoms with E-state index in [0.29, 0.717) is 23.1 Å². The van der Waals surface area contributed by atoms with Crippen molar-refractivity contribution < 1.29 is 0 Å². The molecule has 0 aromatic carbocycles. The van der Waals surface area contributed by atoms with Crippen LogP contribution in [-0.4, -0.2) is 16.5 Å². The summed E-state index contributed by atoms with van der Waals surface area (Å²) in [4.78, 5) is 8.14. The molecule has 0 bridgehead atoms. The van der Waals surface area contributed by atoms with E-state index in [1.54, 1.807) is 12.3 Å². The summed E-state index contributed by atoms with van der Waals surface area (Å²) in [6.45, 7) is 0.712. The quantitative estimate of drug-likeness (QED) is 0.857. The minimum atomic E-state index is 0.318. The van der Waals surface area contributed by atoms with Crippen LogP contribution in [0.3, 0.4) is 0 Å². The number of halogens is 1. The summed E-state index contributed by atoms with van der Waals surface area (Å²) >= 11 is 5.81. The van der Waals surface area contributed by atoms with Gasteiger partial charge in [0.2, 0.25) is 0 Å². The first-order valence-corrected chi connectivity index (χ1v) is 5.86. The highest BCUT2D eigenvalue weighted by Crippen LogP contribution is 2.13. The van der Waals surface area contributed by atoms with Crippen LogP contribution < -0.4 is 5.32 Å². The number of aromatic nitrogens is 2. The first kappa shape index (κ1) is 12.3. The van der Waals surface area contributed by atoms with Crippen molar-refractivity contribution in [3.05, 3.63) is 52.9 Å². The number of nitrogens with zero attached hydrogens (tertiary/aromatic N) is 3. The van der Waals surface area contributed by atoms with Crippen molar-refractivity contribution in [1.82, 2.24) is 9.97 Å². The van der Waals surface area contributed by atoms with E-state index in [1.807, 2.05) is 24.4 Å². The molecule has 0 atom stereocenters. The van der Waals surface area contributed by atoms with Crippen LogP contribution in [0.15, 0.2) is 36.7 Å². The van der Waals surface area contributed by atoms with E-state index < -0.39 is 0 Å². The van der Waals surface area contributed by atoms with Crippen LogP contribution in [0.5, 0.6) is 0 Å². The molecule has 5 heteroatoms. The summed E-state index contributed by atoms with van der Waals surface area (Å²) in [5, 5.41) is 12.3. The standard InChI is InChI=1S/C13H11ClN4/c14-12-6-11(8-15)7-13(18-12)17-5-3-10-2-1-4-16-9-10/h1-2,4,6-7,9H,3,5H2,(H,17,18). The van der Waals surface area contributed by atoms with Crippen LogP contribution in [0.25, 0.3) is 0 Å². The molecule has 0 radical (unpaired) electrons. The average Bonchev–Trinajstić information content (AvgIpc) is 2.39. The van der Waals surface area contributed by atoms with Gasteiger partial charge in [0.15, 0.2) is 0 Å². The van der Waals surface area contributed by atoms with Gasteiger partial charge in [-0.3, -0.25) is 4.98 Å². The van der Waals surface area contributed by atoms with Crippen molar-refractivity contribution in [2.75, 3.05) is 11.9 Å². The number of rotatable bonds is 4. The Hall–Kier alpha value is -2.12. The van der Waals surface area contributed by atoms with E-state index in [4.69, 9.17) is 16.9 Å². The van der Waals surface area contributed by atoms with E-state index in [9.17, 15) is 0 Å². The van der Waals surface area contributed by atoms with Gasteiger partial charge in [0, 0.05) is 18.9 Å². The van der Waals surface area contributed by atoms with Crippen LogP contribution in [0.1, 0.15) is 11.1 Å². The average molecular weight is 259 g/mol. The Morgan fingerprint density at radius 1 is 1.39 bits per heavy atom. The van der Waals surface area contributed by atoms with Crippen molar-refractivity contribution in [3.63, 3.8) is 0 Å². The maximum Gasteiger partial charge on any atom is 0.132 e. The second-order valence-electron chi connectivity index (χ2n) is 3.71. The minimum absolute atomic E-state index is 0.318. The number of nitriles is 1. The Morgan fingerprint density at radius 3 is 3.00 bits per heavy atom. The van der Waals surface area contributed by atoms with E-state index in [2.05, 4.69) is 15.3 Å². The minimum Gasteiger partial charge on any atom is -0.370 e. The molecule has 1 N–H and O–H groups in total. The van der Waals surface area contributed by atoms with Gasteiger partial charge in [-0.1, -0.05) is 17.7 Å². The highest BCUT2D eigenvalue weighted by atomic mass is 35.5. The molecule has 0 aliphatic heterocycles. The Morgan fingerprint density at radius 2 is 2.28 bits per heavy atom. The summed E-state index contributed by atoms with van der Waals surface area (Å²) < 4.78 is 0. The summed E-state index contributed by atoms with van der Waals surface area (Å²) in [5.41, 5.74) is 1.64. The van der Waals surface area contributed by atoms with Crippen molar-refractivity contribution in [2.45, 2.75) is 6.42 Å². The molecule has 0 amide bonds. The number of hydrogen-bond donors (Lipinski definition) is 1. The molecule has 0 aliphatic carbocycles. The molecular weight excluding hydrogens is 248 g/mol. The van der Waals surface area contributed by atoms with Gasteiger partial charge in [-0.25, -0.2) is 4.98 Å². The largest absolute Gasteiger partial charge is 0.370 e. The Labute approximate surface area is 110 Å². The van der Waals surface area contributed by atoms with E-state index in [-0.39, 0.29) is 0 Å². The Balaban J connectivity index is 1.95. The van der Waals surface area contributed by atoms with E-state index >= 15 is 0 Å².